The summed E-state index contributed by atoms with van der Waals surface area (Å²) in [6.07, 6.45) is -1.02. The van der Waals surface area contributed by atoms with E-state index in [0.717, 1.165) is 16.8 Å². The number of ether oxygens (including phenoxy) is 2. The monoisotopic (exact) mass is 297 g/mol. The number of benzene rings is 2. The fourth-order valence-electron chi connectivity index (χ4n) is 2.56. The molecule has 114 valence electrons. The number of para-hydroxylation sites is 2. The number of nitrogens with one attached hydrogen (secondary N) is 1. The van der Waals surface area contributed by atoms with Crippen molar-refractivity contribution in [2.75, 3.05) is 5.32 Å². The number of hydrogen-bond acceptors (Lipinski definition) is 3. The van der Waals surface area contributed by atoms with Gasteiger partial charge >= 0.3 is 0 Å². The normalized spacial score (nSPS) is 19.6. The number of rotatable bonds is 2. The van der Waals surface area contributed by atoms with E-state index in [2.05, 4.69) is 5.32 Å². The quantitative estimate of drug-likeness (QED) is 0.923. The lowest BCUT2D eigenvalue weighted by molar-refractivity contribution is -0.128. The van der Waals surface area contributed by atoms with Crippen LogP contribution in [0.15, 0.2) is 42.5 Å². The fourth-order valence-corrected chi connectivity index (χ4v) is 2.56. The lowest BCUT2D eigenvalue weighted by Gasteiger charge is -2.31. The predicted octanol–water partition coefficient (Wildman–Crippen LogP) is 3.47. The van der Waals surface area contributed by atoms with E-state index in [-0.39, 0.29) is 12.0 Å². The molecule has 2 atom stereocenters. The summed E-state index contributed by atoms with van der Waals surface area (Å²) in [5, 5.41) is 2.92. The van der Waals surface area contributed by atoms with Crippen molar-refractivity contribution in [3.05, 3.63) is 53.6 Å². The molecule has 0 unspecified atom stereocenters. The molecule has 22 heavy (non-hydrogen) atoms. The van der Waals surface area contributed by atoms with Crippen LogP contribution in [0, 0.1) is 13.8 Å². The lowest BCUT2D eigenvalue weighted by Crippen LogP contribution is -2.46. The van der Waals surface area contributed by atoms with Gasteiger partial charge in [0.1, 0.15) is 6.10 Å². The third kappa shape index (κ3) is 2.77. The molecule has 1 aliphatic rings. The van der Waals surface area contributed by atoms with E-state index in [1.165, 1.54) is 0 Å². The van der Waals surface area contributed by atoms with E-state index in [1.54, 1.807) is 6.07 Å². The summed E-state index contributed by atoms with van der Waals surface area (Å²) in [7, 11) is 0. The van der Waals surface area contributed by atoms with Gasteiger partial charge in [0.25, 0.3) is 5.91 Å². The molecule has 1 aliphatic heterocycles. The Morgan fingerprint density at radius 3 is 2.41 bits per heavy atom. The number of carbonyl (C=O) groups is 1. The molecule has 0 aromatic heterocycles. The summed E-state index contributed by atoms with van der Waals surface area (Å²) >= 11 is 0. The van der Waals surface area contributed by atoms with Crippen molar-refractivity contribution in [2.24, 2.45) is 0 Å². The van der Waals surface area contributed by atoms with E-state index in [1.807, 2.05) is 57.2 Å². The maximum absolute atomic E-state index is 12.5. The van der Waals surface area contributed by atoms with Gasteiger partial charge in [0.15, 0.2) is 11.5 Å². The highest BCUT2D eigenvalue weighted by molar-refractivity contribution is 5.95. The van der Waals surface area contributed by atoms with Gasteiger partial charge in [-0.15, -0.1) is 0 Å². The van der Waals surface area contributed by atoms with Crippen LogP contribution >= 0.6 is 0 Å². The Balaban J connectivity index is 1.78. The van der Waals surface area contributed by atoms with E-state index in [0.29, 0.717) is 11.5 Å². The smallest absolute Gasteiger partial charge is 0.269 e. The molecule has 0 radical (unpaired) electrons. The standard InChI is InChI=1S/C18H19NO3/c1-11-8-9-14(12(2)10-11)19-18(20)17-13(3)21-15-6-4-5-7-16(15)22-17/h4-10,13,17H,1-3H3,(H,19,20)/t13-,17+/m1/s1. The number of anilines is 1. The molecule has 2 aromatic carbocycles. The van der Waals surface area contributed by atoms with Crippen molar-refractivity contribution in [1.82, 2.24) is 0 Å². The van der Waals surface area contributed by atoms with E-state index >= 15 is 0 Å². The molecule has 0 saturated carbocycles. The van der Waals surface area contributed by atoms with Crippen molar-refractivity contribution in [3.8, 4) is 11.5 Å². The molecule has 0 saturated heterocycles. The van der Waals surface area contributed by atoms with Gasteiger partial charge in [-0.3, -0.25) is 4.79 Å². The summed E-state index contributed by atoms with van der Waals surface area (Å²) in [6, 6.07) is 13.3. The highest BCUT2D eigenvalue weighted by atomic mass is 16.6. The van der Waals surface area contributed by atoms with Crippen molar-refractivity contribution in [1.29, 1.82) is 0 Å². The van der Waals surface area contributed by atoms with Crippen LogP contribution in [0.1, 0.15) is 18.1 Å². The Kier molecular flexibility index (Phi) is 3.75. The van der Waals surface area contributed by atoms with Crippen LogP contribution in [0.4, 0.5) is 5.69 Å². The fraction of sp³-hybridized carbons (Fsp3) is 0.278. The molecule has 1 heterocycles. The average molecular weight is 297 g/mol. The SMILES string of the molecule is Cc1ccc(NC(=O)[C@H]2Oc3ccccc3O[C@@H]2C)c(C)c1. The maximum Gasteiger partial charge on any atom is 0.269 e. The zero-order valence-corrected chi connectivity index (χ0v) is 12.9. The van der Waals surface area contributed by atoms with Crippen LogP contribution in [-0.4, -0.2) is 18.1 Å². The summed E-state index contributed by atoms with van der Waals surface area (Å²) in [5.74, 6) is 1.07. The van der Waals surface area contributed by atoms with Crippen LogP contribution < -0.4 is 14.8 Å². The van der Waals surface area contributed by atoms with Gasteiger partial charge in [-0.1, -0.05) is 29.8 Å². The van der Waals surface area contributed by atoms with Crippen LogP contribution in [0.2, 0.25) is 0 Å². The first-order valence-corrected chi connectivity index (χ1v) is 7.35. The molecule has 0 bridgehead atoms. The first-order chi connectivity index (χ1) is 10.5. The molecule has 0 spiro atoms. The number of fused-ring (bicyclic) bond motifs is 1. The highest BCUT2D eigenvalue weighted by Crippen LogP contribution is 2.33. The third-order valence-electron chi connectivity index (χ3n) is 3.74. The minimum atomic E-state index is -0.671. The second kappa shape index (κ2) is 5.72. The molecule has 2 aromatic rings. The predicted molar refractivity (Wildman–Crippen MR) is 85.5 cm³/mol. The van der Waals surface area contributed by atoms with E-state index in [9.17, 15) is 4.79 Å². The first kappa shape index (κ1) is 14.4. The molecule has 1 N–H and O–H groups in total. The van der Waals surface area contributed by atoms with Crippen molar-refractivity contribution in [3.63, 3.8) is 0 Å². The first-order valence-electron chi connectivity index (χ1n) is 7.35. The molecule has 0 aliphatic carbocycles. The van der Waals surface area contributed by atoms with Crippen LogP contribution in [0.3, 0.4) is 0 Å². The number of aryl methyl sites for hydroxylation is 2. The summed E-state index contributed by atoms with van der Waals surface area (Å²) in [6.45, 7) is 5.83. The Morgan fingerprint density at radius 2 is 1.73 bits per heavy atom. The van der Waals surface area contributed by atoms with Crippen LogP contribution in [0.25, 0.3) is 0 Å². The summed E-state index contributed by atoms with van der Waals surface area (Å²) < 4.78 is 11.6. The number of amides is 1. The van der Waals surface area contributed by atoms with Gasteiger partial charge in [-0.2, -0.15) is 0 Å². The topological polar surface area (TPSA) is 47.6 Å². The number of hydrogen-bond donors (Lipinski definition) is 1. The Hall–Kier alpha value is -2.49. The van der Waals surface area contributed by atoms with Gasteiger partial charge < -0.3 is 14.8 Å². The highest BCUT2D eigenvalue weighted by Gasteiger charge is 2.34. The van der Waals surface area contributed by atoms with E-state index < -0.39 is 6.10 Å². The molecule has 1 amide bonds. The van der Waals surface area contributed by atoms with Gasteiger partial charge in [-0.05, 0) is 44.5 Å². The van der Waals surface area contributed by atoms with Gasteiger partial charge in [0, 0.05) is 5.69 Å². The maximum atomic E-state index is 12.5. The van der Waals surface area contributed by atoms with Crippen molar-refractivity contribution in [2.45, 2.75) is 33.0 Å². The Labute approximate surface area is 130 Å². The minimum Gasteiger partial charge on any atom is -0.482 e. The van der Waals surface area contributed by atoms with Gasteiger partial charge in [0.05, 0.1) is 0 Å². The second-order valence-electron chi connectivity index (χ2n) is 5.62. The molecule has 0 fully saturated rings. The summed E-state index contributed by atoms with van der Waals surface area (Å²) in [4.78, 5) is 12.5. The van der Waals surface area contributed by atoms with E-state index in [4.69, 9.17) is 9.47 Å². The number of carbonyl (C=O) groups excluding carboxylic acids is 1. The molecule has 4 nitrogen and oxygen atoms in total. The second-order valence-corrected chi connectivity index (χ2v) is 5.62. The zero-order chi connectivity index (χ0) is 15.7. The van der Waals surface area contributed by atoms with Gasteiger partial charge in [0.2, 0.25) is 6.10 Å². The van der Waals surface area contributed by atoms with Crippen molar-refractivity contribution < 1.29 is 14.3 Å². The lowest BCUT2D eigenvalue weighted by atomic mass is 10.1. The largest absolute Gasteiger partial charge is 0.482 e. The summed E-state index contributed by atoms with van der Waals surface area (Å²) in [5.41, 5.74) is 2.98. The molecular weight excluding hydrogens is 278 g/mol. The zero-order valence-electron chi connectivity index (χ0n) is 12.9. The van der Waals surface area contributed by atoms with Crippen LogP contribution in [0.5, 0.6) is 11.5 Å². The molecule has 4 heteroatoms. The minimum absolute atomic E-state index is 0.200. The Morgan fingerprint density at radius 1 is 1.05 bits per heavy atom. The van der Waals surface area contributed by atoms with Gasteiger partial charge in [-0.25, -0.2) is 0 Å². The molecule has 3 rings (SSSR count). The third-order valence-corrected chi connectivity index (χ3v) is 3.74. The Bertz CT molecular complexity index is 711. The molecular formula is C18H19NO3. The van der Waals surface area contributed by atoms with Crippen molar-refractivity contribution >= 4 is 11.6 Å². The average Bonchev–Trinajstić information content (AvgIpc) is 2.49. The van der Waals surface area contributed by atoms with Crippen LogP contribution in [-0.2, 0) is 4.79 Å².